The summed E-state index contributed by atoms with van der Waals surface area (Å²) in [6.07, 6.45) is 8.00. The van der Waals surface area contributed by atoms with Gasteiger partial charge in [-0.05, 0) is 84.5 Å². The first-order valence-electron chi connectivity index (χ1n) is 10.1. The maximum atomic E-state index is 9.68. The van der Waals surface area contributed by atoms with E-state index in [2.05, 4.69) is 33.2 Å². The molecule has 8 bridgehead atoms. The molecule has 148 valence electrons. The number of aromatic amines is 2. The molecule has 5 heterocycles. The first-order chi connectivity index (χ1) is 15.2. The van der Waals surface area contributed by atoms with Crippen molar-refractivity contribution in [3.63, 3.8) is 0 Å². The molecule has 5 nitrogen and oxygen atoms in total. The van der Waals surface area contributed by atoms with Crippen molar-refractivity contribution in [2.45, 2.75) is 0 Å². The van der Waals surface area contributed by atoms with Gasteiger partial charge in [0, 0.05) is 27.6 Å². The summed E-state index contributed by atoms with van der Waals surface area (Å²) in [4.78, 5) is 16.3. The van der Waals surface area contributed by atoms with Gasteiger partial charge in [-0.25, -0.2) is 9.97 Å². The Bertz CT molecular complexity index is 1540. The van der Waals surface area contributed by atoms with Crippen LogP contribution in [0.4, 0.5) is 0 Å². The van der Waals surface area contributed by atoms with Crippen LogP contribution < -0.4 is 0 Å². The van der Waals surface area contributed by atoms with Gasteiger partial charge in [-0.15, -0.1) is 0 Å². The van der Waals surface area contributed by atoms with E-state index in [0.29, 0.717) is 0 Å². The van der Waals surface area contributed by atoms with Gasteiger partial charge in [0.2, 0.25) is 0 Å². The average Bonchev–Trinajstić information content (AvgIpc) is 3.54. The number of H-pyrrole nitrogens is 2. The second-order valence-corrected chi connectivity index (χ2v) is 7.64. The van der Waals surface area contributed by atoms with Gasteiger partial charge in [-0.1, -0.05) is 12.1 Å². The molecule has 0 saturated heterocycles. The largest absolute Gasteiger partial charge is 0.508 e. The monoisotopic (exact) mass is 402 g/mol. The minimum absolute atomic E-state index is 0.249. The molecule has 1 aromatic carbocycles. The Hall–Kier alpha value is -4.38. The van der Waals surface area contributed by atoms with Crippen molar-refractivity contribution in [3.05, 3.63) is 89.5 Å². The summed E-state index contributed by atoms with van der Waals surface area (Å²) in [6.45, 7) is 0. The predicted octanol–water partition coefficient (Wildman–Crippen LogP) is 6.03. The fraction of sp³-hybridized carbons (Fsp3) is 0. The van der Waals surface area contributed by atoms with Gasteiger partial charge in [-0.3, -0.25) is 0 Å². The van der Waals surface area contributed by atoms with Crippen LogP contribution in [0.15, 0.2) is 66.7 Å². The number of aromatic nitrogens is 4. The van der Waals surface area contributed by atoms with E-state index in [-0.39, 0.29) is 5.75 Å². The van der Waals surface area contributed by atoms with Crippen LogP contribution in [0.2, 0.25) is 0 Å². The number of phenols is 1. The molecule has 6 rings (SSSR count). The number of aromatic hydroxyl groups is 1. The first kappa shape index (κ1) is 17.5. The number of benzene rings is 1. The van der Waals surface area contributed by atoms with Crippen molar-refractivity contribution in [1.29, 1.82) is 0 Å². The van der Waals surface area contributed by atoms with Crippen molar-refractivity contribution >= 4 is 46.4 Å². The highest BCUT2D eigenvalue weighted by atomic mass is 16.3. The fourth-order valence-corrected chi connectivity index (χ4v) is 3.90. The third-order valence-corrected chi connectivity index (χ3v) is 5.35. The van der Waals surface area contributed by atoms with Crippen molar-refractivity contribution in [2.75, 3.05) is 0 Å². The number of hydrogen-bond acceptors (Lipinski definition) is 3. The van der Waals surface area contributed by atoms with E-state index in [1.807, 2.05) is 60.7 Å². The number of nitrogens with zero attached hydrogens (tertiary/aromatic N) is 2. The van der Waals surface area contributed by atoms with Crippen molar-refractivity contribution in [2.24, 2.45) is 0 Å². The van der Waals surface area contributed by atoms with Crippen LogP contribution in [-0.2, 0) is 0 Å². The lowest BCUT2D eigenvalue weighted by Gasteiger charge is -1.99. The SMILES string of the molecule is Oc1ccc(-c2cc3cc4ccc(cc5nc(cc6nc(cc2[nH]3)C=C6)C=C5)[nH]4)cc1. The summed E-state index contributed by atoms with van der Waals surface area (Å²) >= 11 is 0. The van der Waals surface area contributed by atoms with E-state index >= 15 is 0 Å². The Morgan fingerprint density at radius 3 is 1.87 bits per heavy atom. The van der Waals surface area contributed by atoms with Gasteiger partial charge in [0.1, 0.15) is 5.75 Å². The third-order valence-electron chi connectivity index (χ3n) is 5.35. The van der Waals surface area contributed by atoms with E-state index in [4.69, 9.17) is 4.98 Å². The minimum Gasteiger partial charge on any atom is -0.508 e. The zero-order chi connectivity index (χ0) is 20.8. The molecule has 5 heteroatoms. The van der Waals surface area contributed by atoms with Gasteiger partial charge in [0.05, 0.1) is 22.8 Å². The summed E-state index contributed by atoms with van der Waals surface area (Å²) in [6, 6.07) is 21.6. The van der Waals surface area contributed by atoms with Crippen LogP contribution >= 0.6 is 0 Å². The maximum Gasteiger partial charge on any atom is 0.115 e. The van der Waals surface area contributed by atoms with Crippen LogP contribution in [-0.4, -0.2) is 25.0 Å². The lowest BCUT2D eigenvalue weighted by atomic mass is 10.1. The third kappa shape index (κ3) is 3.42. The molecule has 0 atom stereocenters. The summed E-state index contributed by atoms with van der Waals surface area (Å²) in [5.41, 5.74) is 9.51. The predicted molar refractivity (Wildman–Crippen MR) is 126 cm³/mol. The smallest absolute Gasteiger partial charge is 0.115 e. The van der Waals surface area contributed by atoms with Gasteiger partial charge >= 0.3 is 0 Å². The lowest BCUT2D eigenvalue weighted by molar-refractivity contribution is 0.475. The Balaban J connectivity index is 1.67. The number of fused-ring (bicyclic) bond motifs is 8. The molecule has 4 aromatic rings. The number of hydrogen-bond donors (Lipinski definition) is 3. The van der Waals surface area contributed by atoms with Crippen LogP contribution in [0.5, 0.6) is 5.75 Å². The number of nitrogens with one attached hydrogen (secondary N) is 2. The molecule has 31 heavy (non-hydrogen) atoms. The van der Waals surface area contributed by atoms with Gasteiger partial charge in [0.25, 0.3) is 0 Å². The summed E-state index contributed by atoms with van der Waals surface area (Å²) in [5, 5.41) is 9.68. The highest BCUT2D eigenvalue weighted by Gasteiger charge is 2.07. The lowest BCUT2D eigenvalue weighted by Crippen LogP contribution is -1.78. The zero-order valence-corrected chi connectivity index (χ0v) is 16.5. The summed E-state index contributed by atoms with van der Waals surface area (Å²) < 4.78 is 0. The maximum absolute atomic E-state index is 9.68. The normalized spacial score (nSPS) is 12.4. The first-order valence-corrected chi connectivity index (χ1v) is 10.1. The van der Waals surface area contributed by atoms with Gasteiger partial charge in [-0.2, -0.15) is 0 Å². The molecule has 0 unspecified atom stereocenters. The highest BCUT2D eigenvalue weighted by molar-refractivity contribution is 5.88. The Labute approximate surface area is 178 Å². The molecule has 0 amide bonds. The van der Waals surface area contributed by atoms with E-state index in [9.17, 15) is 5.11 Å². The van der Waals surface area contributed by atoms with Crippen LogP contribution in [0.1, 0.15) is 22.8 Å². The second kappa shape index (κ2) is 6.85. The van der Waals surface area contributed by atoms with Crippen molar-refractivity contribution in [3.8, 4) is 16.9 Å². The van der Waals surface area contributed by atoms with Gasteiger partial charge in [0.15, 0.2) is 0 Å². The minimum atomic E-state index is 0.249. The summed E-state index contributed by atoms with van der Waals surface area (Å²) in [5.74, 6) is 0.249. The second-order valence-electron chi connectivity index (χ2n) is 7.64. The van der Waals surface area contributed by atoms with Crippen LogP contribution in [0, 0.1) is 0 Å². The van der Waals surface area contributed by atoms with E-state index < -0.39 is 0 Å². The molecule has 2 aliphatic heterocycles. The molecule has 0 radical (unpaired) electrons. The van der Waals surface area contributed by atoms with E-state index in [1.54, 1.807) is 12.1 Å². The quantitative estimate of drug-likeness (QED) is 0.314. The van der Waals surface area contributed by atoms with E-state index in [0.717, 1.165) is 56.0 Å². The molecule has 0 spiro atoms. The summed E-state index contributed by atoms with van der Waals surface area (Å²) in [7, 11) is 0. The van der Waals surface area contributed by atoms with Crippen LogP contribution in [0.25, 0.3) is 57.5 Å². The number of rotatable bonds is 1. The molecule has 0 fully saturated rings. The molecular formula is C26H18N4O. The highest BCUT2D eigenvalue weighted by Crippen LogP contribution is 2.28. The van der Waals surface area contributed by atoms with Crippen molar-refractivity contribution in [1.82, 2.24) is 19.9 Å². The Morgan fingerprint density at radius 2 is 1.16 bits per heavy atom. The molecule has 0 saturated carbocycles. The van der Waals surface area contributed by atoms with Crippen molar-refractivity contribution < 1.29 is 5.11 Å². The molecule has 3 aromatic heterocycles. The van der Waals surface area contributed by atoms with Gasteiger partial charge < -0.3 is 15.1 Å². The number of phenolic OH excluding ortho intramolecular Hbond substituents is 1. The Kier molecular flexibility index (Phi) is 3.86. The Morgan fingerprint density at radius 1 is 0.548 bits per heavy atom. The molecule has 0 aliphatic carbocycles. The zero-order valence-electron chi connectivity index (χ0n) is 16.5. The molecule has 3 N–H and O–H groups in total. The molecule has 2 aliphatic rings. The standard InChI is InChI=1S/C26H18N4O/c31-24-9-1-16(2-10-24)25-14-23-13-21-6-5-19(28-21)11-17-3-4-18(27-17)12-20-7-8-22(29-20)15-26(25)30-23/h1-15,28,30-31H. The topological polar surface area (TPSA) is 77.6 Å². The van der Waals surface area contributed by atoms with E-state index in [1.165, 1.54) is 0 Å². The average molecular weight is 402 g/mol. The fourth-order valence-electron chi connectivity index (χ4n) is 3.90. The molecular weight excluding hydrogens is 384 g/mol. The van der Waals surface area contributed by atoms with Crippen LogP contribution in [0.3, 0.4) is 0 Å².